The van der Waals surface area contributed by atoms with Crippen LogP contribution in [0.3, 0.4) is 0 Å². The van der Waals surface area contributed by atoms with Gasteiger partial charge in [0.2, 0.25) is 17.7 Å². The summed E-state index contributed by atoms with van der Waals surface area (Å²) < 4.78 is 12.2. The first kappa shape index (κ1) is 56.2. The van der Waals surface area contributed by atoms with Crippen LogP contribution in [0, 0.1) is 35.5 Å². The number of ketones is 1. The third-order valence-corrected chi connectivity index (χ3v) is 15.5. The van der Waals surface area contributed by atoms with Gasteiger partial charge < -0.3 is 30.1 Å². The number of carbonyl (C=O) groups is 6. The molecule has 2 heterocycles. The largest absolute Gasteiger partial charge is 0.478 e. The predicted molar refractivity (Wildman–Crippen MR) is 268 cm³/mol. The molecule has 1 unspecified atom stereocenters. The Morgan fingerprint density at radius 2 is 1.54 bits per heavy atom. The number of carboxylic acid groups (broad SMARTS) is 1. The number of Topliss-reactive ketones (excluding diaryl/α,β-unsaturated/α-hetero) is 1. The third kappa shape index (κ3) is 13.6. The van der Waals surface area contributed by atoms with Crippen LogP contribution >= 0.6 is 0 Å². The van der Waals surface area contributed by atoms with Gasteiger partial charge in [-0.05, 0) is 98.9 Å². The first-order valence-corrected chi connectivity index (χ1v) is 25.8. The van der Waals surface area contributed by atoms with E-state index in [2.05, 4.69) is 24.5 Å². The summed E-state index contributed by atoms with van der Waals surface area (Å²) in [6.07, 6.45) is 4.70. The average Bonchev–Trinajstić information content (AvgIpc) is 3.87. The summed E-state index contributed by atoms with van der Waals surface area (Å²) in [6.45, 7) is 17.7. The maximum Gasteiger partial charge on any atom is 0.335 e. The first-order valence-electron chi connectivity index (χ1n) is 25.8. The molecule has 388 valence electrons. The van der Waals surface area contributed by atoms with E-state index in [-0.39, 0.29) is 82.9 Å². The molecule has 0 radical (unpaired) electrons. The monoisotopic (exact) mass is 974 g/mol. The number of nitrogens with one attached hydrogen (secondary N) is 2. The molecule has 70 heavy (non-hydrogen) atoms. The van der Waals surface area contributed by atoms with Gasteiger partial charge >= 0.3 is 5.97 Å². The van der Waals surface area contributed by atoms with Gasteiger partial charge in [0.05, 0.1) is 54.8 Å². The molecule has 5 rings (SSSR count). The van der Waals surface area contributed by atoms with Crippen molar-refractivity contribution in [3.05, 3.63) is 71.3 Å². The smallest absolute Gasteiger partial charge is 0.335 e. The molecule has 4 amide bonds. The molecule has 1 saturated carbocycles. The summed E-state index contributed by atoms with van der Waals surface area (Å²) in [5.41, 5.74) is 0.910. The van der Waals surface area contributed by atoms with Crippen LogP contribution in [0.25, 0.3) is 0 Å². The number of amides is 4. The van der Waals surface area contributed by atoms with E-state index < -0.39 is 41.7 Å². The number of benzene rings is 2. The maximum atomic E-state index is 14.5. The molecule has 15 nitrogen and oxygen atoms in total. The van der Waals surface area contributed by atoms with Crippen LogP contribution in [0.15, 0.2) is 54.6 Å². The van der Waals surface area contributed by atoms with E-state index in [9.17, 15) is 33.9 Å². The van der Waals surface area contributed by atoms with Crippen LogP contribution in [-0.4, -0.2) is 132 Å². The Labute approximate surface area is 417 Å². The molecule has 2 saturated heterocycles. The van der Waals surface area contributed by atoms with E-state index in [4.69, 9.17) is 14.3 Å². The highest BCUT2D eigenvalue weighted by atomic mass is 16.7. The Morgan fingerprint density at radius 3 is 2.11 bits per heavy atom. The van der Waals surface area contributed by atoms with Crippen molar-refractivity contribution in [2.24, 2.45) is 35.5 Å². The van der Waals surface area contributed by atoms with Crippen LogP contribution in [0.2, 0.25) is 0 Å². The second kappa shape index (κ2) is 25.6. The Kier molecular flexibility index (Phi) is 20.6. The number of aromatic carboxylic acids is 1. The molecule has 2 aliphatic heterocycles. The lowest BCUT2D eigenvalue weighted by Gasteiger charge is -2.37. The summed E-state index contributed by atoms with van der Waals surface area (Å²) in [5, 5.41) is 17.0. The van der Waals surface area contributed by atoms with E-state index in [0.717, 1.165) is 36.8 Å². The highest BCUT2D eigenvalue weighted by Gasteiger charge is 2.64. The summed E-state index contributed by atoms with van der Waals surface area (Å²) in [6, 6.07) is 14.8. The van der Waals surface area contributed by atoms with Crippen molar-refractivity contribution in [1.82, 2.24) is 25.5 Å². The lowest BCUT2D eigenvalue weighted by Crippen LogP contribution is -2.56. The van der Waals surface area contributed by atoms with Crippen molar-refractivity contribution in [2.45, 2.75) is 162 Å². The number of hydroxylamine groups is 2. The summed E-state index contributed by atoms with van der Waals surface area (Å²) in [7, 11) is 5.07. The van der Waals surface area contributed by atoms with Crippen LogP contribution in [0.4, 0.5) is 0 Å². The predicted octanol–water partition coefficient (Wildman–Crippen LogP) is 7.27. The second-order valence-electron chi connectivity index (χ2n) is 21.1. The molecule has 15 heteroatoms. The lowest BCUT2D eigenvalue weighted by atomic mass is 9.79. The highest BCUT2D eigenvalue weighted by molar-refractivity contribution is 5.96. The van der Waals surface area contributed by atoms with E-state index in [0.29, 0.717) is 51.9 Å². The molecule has 0 bridgehead atoms. The average molecular weight is 974 g/mol. The number of likely N-dealkylation sites (tertiary alicyclic amines) is 1. The number of carbonyl (C=O) groups excluding carboxylic acids is 5. The van der Waals surface area contributed by atoms with Gasteiger partial charge in [-0.1, -0.05) is 104 Å². The van der Waals surface area contributed by atoms with Crippen molar-refractivity contribution >= 4 is 35.4 Å². The molecular weight excluding hydrogens is 891 g/mol. The van der Waals surface area contributed by atoms with Crippen LogP contribution < -0.4 is 10.6 Å². The van der Waals surface area contributed by atoms with Gasteiger partial charge in [0.15, 0.2) is 5.78 Å². The van der Waals surface area contributed by atoms with Crippen molar-refractivity contribution in [3.8, 4) is 0 Å². The van der Waals surface area contributed by atoms with Crippen LogP contribution in [-0.2, 0) is 44.8 Å². The fourth-order valence-electron chi connectivity index (χ4n) is 11.1. The first-order chi connectivity index (χ1) is 33.3. The van der Waals surface area contributed by atoms with E-state index >= 15 is 0 Å². The molecule has 2 aromatic carbocycles. The minimum atomic E-state index is -1.13. The van der Waals surface area contributed by atoms with Gasteiger partial charge in [-0.25, -0.2) is 9.86 Å². The Morgan fingerprint density at radius 1 is 0.857 bits per heavy atom. The van der Waals surface area contributed by atoms with Crippen molar-refractivity contribution < 1.29 is 48.2 Å². The fraction of sp³-hybridized carbons (Fsp3) is 0.673. The van der Waals surface area contributed by atoms with Gasteiger partial charge in [-0.2, -0.15) is 0 Å². The van der Waals surface area contributed by atoms with Gasteiger partial charge in [0.25, 0.3) is 5.91 Å². The SMILES string of the molecule is CC[C@H](C)[C@H](CCC(C)C(=O)[C@@H](NC(=O)[C@H](C(C)C)N(C)Cc1ccc(C(=O)O)cc1)C(C)C)[C@@H](CC(=O)N1CCC[C@H]1[C@H](OC)[C@@H](C)C(=O)N[C@@]1(C(=O)N2CCCCO2)C[C@@H]1c1ccccc1)OC. The maximum absolute atomic E-state index is 14.5. The van der Waals surface area contributed by atoms with E-state index in [1.165, 1.54) is 5.06 Å². The molecule has 3 aliphatic rings. The van der Waals surface area contributed by atoms with Crippen LogP contribution in [0.5, 0.6) is 0 Å². The number of rotatable bonds is 26. The van der Waals surface area contributed by atoms with Crippen LogP contribution in [0.1, 0.15) is 141 Å². The van der Waals surface area contributed by atoms with Gasteiger partial charge in [-0.3, -0.25) is 33.7 Å². The molecule has 11 atom stereocenters. The third-order valence-electron chi connectivity index (χ3n) is 15.5. The Hall–Kier alpha value is -4.70. The minimum Gasteiger partial charge on any atom is -0.478 e. The number of carboxylic acids is 1. The number of likely N-dealkylation sites (N-methyl/N-ethyl adjacent to an activating group) is 1. The van der Waals surface area contributed by atoms with Gasteiger partial charge in [0, 0.05) is 45.7 Å². The molecule has 0 aromatic heterocycles. The Balaban J connectivity index is 1.22. The van der Waals surface area contributed by atoms with E-state index in [1.807, 2.05) is 88.7 Å². The number of methoxy groups -OCH3 is 2. The van der Waals surface area contributed by atoms with E-state index in [1.54, 1.807) is 38.5 Å². The highest BCUT2D eigenvalue weighted by Crippen LogP contribution is 2.53. The number of ether oxygens (including phenoxy) is 2. The zero-order chi connectivity index (χ0) is 51.4. The number of nitrogens with zero attached hydrogens (tertiary/aromatic N) is 3. The molecule has 1 aliphatic carbocycles. The molecular formula is C55H83N5O10. The fourth-order valence-corrected chi connectivity index (χ4v) is 11.1. The Bertz CT molecular complexity index is 2060. The van der Waals surface area contributed by atoms with Crippen molar-refractivity contribution in [1.29, 1.82) is 0 Å². The zero-order valence-electron chi connectivity index (χ0n) is 43.8. The van der Waals surface area contributed by atoms with Crippen molar-refractivity contribution in [3.63, 3.8) is 0 Å². The normalized spacial score (nSPS) is 22.7. The topological polar surface area (TPSA) is 184 Å². The number of hydrogen-bond donors (Lipinski definition) is 3. The zero-order valence-corrected chi connectivity index (χ0v) is 43.8. The molecule has 2 aromatic rings. The lowest BCUT2D eigenvalue weighted by molar-refractivity contribution is -0.200. The summed E-state index contributed by atoms with van der Waals surface area (Å²) >= 11 is 0. The minimum absolute atomic E-state index is 0.0393. The quantitative estimate of drug-likeness (QED) is 0.0862. The van der Waals surface area contributed by atoms with Gasteiger partial charge in [-0.15, -0.1) is 0 Å². The van der Waals surface area contributed by atoms with Crippen molar-refractivity contribution in [2.75, 3.05) is 41.0 Å². The summed E-state index contributed by atoms with van der Waals surface area (Å²) in [5.74, 6) is -3.24. The molecule has 3 fully saturated rings. The molecule has 0 spiro atoms. The second-order valence-corrected chi connectivity index (χ2v) is 21.1. The van der Waals surface area contributed by atoms with Gasteiger partial charge in [0.1, 0.15) is 5.54 Å². The standard InChI is InChI=1S/C55H83N5O10/c1-12-36(6)42(27-22-37(7)49(62)47(34(2)3)56-52(64)48(35(4)5)58(9)33-39-23-25-41(26-24-39)53(65)66)45(68-10)31-46(61)59-28-18-21-44(59)50(69-11)38(8)51(63)57-55(54(67)60-29-16-17-30-70-60)32-43(55)40-19-14-13-15-20-40/h13-15,19-20,23-26,34-38,42-45,47-48,50H,12,16-18,21-22,27-33H2,1-11H3,(H,56,64)(H,57,63)(H,65,66)/t36-,37?,38+,42-,43+,44-,45+,47-,48-,50+,55-/m0/s1. The summed E-state index contributed by atoms with van der Waals surface area (Å²) in [4.78, 5) is 92.1. The molecule has 3 N–H and O–H groups in total. The number of hydrogen-bond acceptors (Lipinski definition) is 10.